The summed E-state index contributed by atoms with van der Waals surface area (Å²) in [5.41, 5.74) is -0.184. The minimum Gasteiger partial charge on any atom is -0.363 e. The van der Waals surface area contributed by atoms with E-state index in [-0.39, 0.29) is 16.8 Å². The Balaban J connectivity index is 2.40. The highest BCUT2D eigenvalue weighted by Gasteiger charge is 2.46. The van der Waals surface area contributed by atoms with Crippen LogP contribution in [0.2, 0.25) is 0 Å². The van der Waals surface area contributed by atoms with E-state index in [1.54, 1.807) is 36.4 Å². The molecule has 3 rings (SSSR count). The standard InChI is InChI=1S/C20H14N4OS/c1-12-8-17(13(2)26-12)20(25)18(14-6-4-3-5-7-14)16(11-23)19(24-20)15(9-21)10-22/h3-8,24-25H,1-2H3. The minimum absolute atomic E-state index is 0.0575. The van der Waals surface area contributed by atoms with Gasteiger partial charge < -0.3 is 10.4 Å². The monoisotopic (exact) mass is 358 g/mol. The second-order valence-corrected chi connectivity index (χ2v) is 7.32. The van der Waals surface area contributed by atoms with E-state index in [0.29, 0.717) is 16.7 Å². The number of nitrogens with zero attached hydrogens (tertiary/aromatic N) is 3. The molecule has 1 unspecified atom stereocenters. The Morgan fingerprint density at radius 1 is 1.12 bits per heavy atom. The third kappa shape index (κ3) is 2.57. The zero-order valence-corrected chi connectivity index (χ0v) is 15.0. The summed E-state index contributed by atoms with van der Waals surface area (Å²) in [7, 11) is 0. The molecule has 1 aromatic heterocycles. The third-order valence-corrected chi connectivity index (χ3v) is 5.21. The minimum atomic E-state index is -1.70. The number of hydrogen-bond acceptors (Lipinski definition) is 6. The van der Waals surface area contributed by atoms with Crippen LogP contribution in [0.5, 0.6) is 0 Å². The van der Waals surface area contributed by atoms with Gasteiger partial charge in [0.2, 0.25) is 0 Å². The van der Waals surface area contributed by atoms with E-state index in [4.69, 9.17) is 0 Å². The maximum Gasteiger partial charge on any atom is 0.192 e. The lowest BCUT2D eigenvalue weighted by molar-refractivity contribution is 0.0809. The van der Waals surface area contributed by atoms with Gasteiger partial charge in [-0.3, -0.25) is 0 Å². The zero-order chi connectivity index (χ0) is 18.9. The summed E-state index contributed by atoms with van der Waals surface area (Å²) >= 11 is 1.53. The molecule has 26 heavy (non-hydrogen) atoms. The summed E-state index contributed by atoms with van der Waals surface area (Å²) in [6.45, 7) is 3.82. The molecule has 0 bridgehead atoms. The topological polar surface area (TPSA) is 104 Å². The van der Waals surface area contributed by atoms with E-state index in [1.807, 2.05) is 26.0 Å². The molecule has 0 saturated heterocycles. The molecule has 126 valence electrons. The molecule has 2 heterocycles. The van der Waals surface area contributed by atoms with Gasteiger partial charge >= 0.3 is 0 Å². The van der Waals surface area contributed by atoms with Crippen LogP contribution >= 0.6 is 11.3 Å². The number of aliphatic hydroxyl groups is 1. The molecule has 0 spiro atoms. The molecule has 5 nitrogen and oxygen atoms in total. The van der Waals surface area contributed by atoms with Gasteiger partial charge in [-0.25, -0.2) is 0 Å². The molecular formula is C20H14N4OS. The SMILES string of the molecule is Cc1cc(C2(O)NC(=C(C#N)C#N)C(C#N)=C2c2ccccc2)c(C)s1. The number of aryl methyl sites for hydroxylation is 2. The van der Waals surface area contributed by atoms with E-state index < -0.39 is 5.72 Å². The van der Waals surface area contributed by atoms with Crippen LogP contribution in [0.25, 0.3) is 5.57 Å². The normalized spacial score (nSPS) is 18.7. The molecule has 1 aliphatic heterocycles. The van der Waals surface area contributed by atoms with Crippen molar-refractivity contribution in [2.45, 2.75) is 19.6 Å². The summed E-state index contributed by atoms with van der Waals surface area (Å²) in [6, 6.07) is 16.5. The second kappa shape index (κ2) is 6.50. The maximum atomic E-state index is 11.6. The first kappa shape index (κ1) is 17.5. The lowest BCUT2D eigenvalue weighted by atomic mass is 9.89. The smallest absolute Gasteiger partial charge is 0.192 e. The van der Waals surface area contributed by atoms with Crippen LogP contribution in [-0.2, 0) is 5.72 Å². The molecule has 1 aromatic carbocycles. The average molecular weight is 358 g/mol. The summed E-state index contributed by atoms with van der Waals surface area (Å²) < 4.78 is 0. The average Bonchev–Trinajstić information content (AvgIpc) is 3.14. The molecule has 0 aliphatic carbocycles. The van der Waals surface area contributed by atoms with Gasteiger partial charge in [0.15, 0.2) is 11.3 Å². The zero-order valence-electron chi connectivity index (χ0n) is 14.2. The Morgan fingerprint density at radius 2 is 1.77 bits per heavy atom. The molecule has 0 radical (unpaired) electrons. The Hall–Kier alpha value is -3.37. The highest BCUT2D eigenvalue weighted by Crippen LogP contribution is 2.46. The number of benzene rings is 1. The molecule has 2 N–H and O–H groups in total. The van der Waals surface area contributed by atoms with Gasteiger partial charge in [-0.2, -0.15) is 15.8 Å². The number of rotatable bonds is 2. The Labute approximate surface area is 155 Å². The number of allylic oxidation sites excluding steroid dienone is 2. The quantitative estimate of drug-likeness (QED) is 0.801. The first-order chi connectivity index (χ1) is 12.5. The first-order valence-electron chi connectivity index (χ1n) is 7.79. The van der Waals surface area contributed by atoms with Crippen LogP contribution in [0.1, 0.15) is 20.9 Å². The van der Waals surface area contributed by atoms with Crippen LogP contribution in [0.4, 0.5) is 0 Å². The van der Waals surface area contributed by atoms with Gasteiger partial charge in [-0.15, -0.1) is 11.3 Å². The molecule has 1 atom stereocenters. The largest absolute Gasteiger partial charge is 0.363 e. The lowest BCUT2D eigenvalue weighted by Gasteiger charge is -2.28. The molecular weight excluding hydrogens is 344 g/mol. The predicted octanol–water partition coefficient (Wildman–Crippen LogP) is 3.39. The van der Waals surface area contributed by atoms with Crippen LogP contribution in [0, 0.1) is 47.8 Å². The van der Waals surface area contributed by atoms with Gasteiger partial charge in [-0.1, -0.05) is 30.3 Å². The van der Waals surface area contributed by atoms with E-state index in [0.717, 1.165) is 9.75 Å². The van der Waals surface area contributed by atoms with E-state index in [9.17, 15) is 20.9 Å². The van der Waals surface area contributed by atoms with Gasteiger partial charge in [0.1, 0.15) is 18.2 Å². The first-order valence-corrected chi connectivity index (χ1v) is 8.61. The highest BCUT2D eigenvalue weighted by molar-refractivity contribution is 7.12. The third-order valence-electron chi connectivity index (χ3n) is 4.25. The van der Waals surface area contributed by atoms with Gasteiger partial charge in [-0.05, 0) is 25.5 Å². The van der Waals surface area contributed by atoms with Crippen molar-refractivity contribution in [2.24, 2.45) is 0 Å². The Morgan fingerprint density at radius 3 is 2.27 bits per heavy atom. The number of nitriles is 3. The fourth-order valence-corrected chi connectivity index (χ4v) is 4.17. The molecule has 0 fully saturated rings. The predicted molar refractivity (Wildman–Crippen MR) is 98.1 cm³/mol. The van der Waals surface area contributed by atoms with Gasteiger partial charge in [0.25, 0.3) is 0 Å². The van der Waals surface area contributed by atoms with Crippen molar-refractivity contribution in [3.8, 4) is 18.2 Å². The number of nitrogens with one attached hydrogen (secondary N) is 1. The number of thiophene rings is 1. The summed E-state index contributed by atoms with van der Waals surface area (Å²) in [5, 5.41) is 42.8. The molecule has 2 aromatic rings. The van der Waals surface area contributed by atoms with Crippen molar-refractivity contribution in [3.63, 3.8) is 0 Å². The summed E-state index contributed by atoms with van der Waals surface area (Å²) in [6.07, 6.45) is 0. The Kier molecular flexibility index (Phi) is 4.36. The molecule has 0 saturated carbocycles. The van der Waals surface area contributed by atoms with Gasteiger partial charge in [0, 0.05) is 20.9 Å². The van der Waals surface area contributed by atoms with E-state index in [1.165, 1.54) is 11.3 Å². The number of hydrogen-bond donors (Lipinski definition) is 2. The summed E-state index contributed by atoms with van der Waals surface area (Å²) in [4.78, 5) is 1.90. The lowest BCUT2D eigenvalue weighted by Crippen LogP contribution is -2.38. The van der Waals surface area contributed by atoms with E-state index in [2.05, 4.69) is 11.4 Å². The van der Waals surface area contributed by atoms with Crippen molar-refractivity contribution in [2.75, 3.05) is 0 Å². The fourth-order valence-electron chi connectivity index (χ4n) is 3.20. The molecule has 6 heteroatoms. The van der Waals surface area contributed by atoms with Crippen molar-refractivity contribution >= 4 is 16.9 Å². The summed E-state index contributed by atoms with van der Waals surface area (Å²) in [5.74, 6) is 0. The van der Waals surface area contributed by atoms with Crippen LogP contribution in [-0.4, -0.2) is 5.11 Å². The van der Waals surface area contributed by atoms with Crippen molar-refractivity contribution in [1.29, 1.82) is 15.8 Å². The van der Waals surface area contributed by atoms with Crippen molar-refractivity contribution in [3.05, 3.63) is 74.1 Å². The maximum absolute atomic E-state index is 11.6. The second-order valence-electron chi connectivity index (χ2n) is 5.86. The fraction of sp³-hybridized carbons (Fsp3) is 0.150. The highest BCUT2D eigenvalue weighted by atomic mass is 32.1. The van der Waals surface area contributed by atoms with Gasteiger partial charge in [0.05, 0.1) is 11.3 Å². The van der Waals surface area contributed by atoms with Crippen molar-refractivity contribution in [1.82, 2.24) is 5.32 Å². The molecule has 1 aliphatic rings. The van der Waals surface area contributed by atoms with Crippen LogP contribution < -0.4 is 5.32 Å². The van der Waals surface area contributed by atoms with Crippen LogP contribution in [0.15, 0.2) is 53.2 Å². The Bertz CT molecular complexity index is 1060. The van der Waals surface area contributed by atoms with Crippen LogP contribution in [0.3, 0.4) is 0 Å². The van der Waals surface area contributed by atoms with E-state index >= 15 is 0 Å². The van der Waals surface area contributed by atoms with Crippen molar-refractivity contribution < 1.29 is 5.11 Å². The molecule has 0 amide bonds.